The van der Waals surface area contributed by atoms with Crippen molar-refractivity contribution in [2.24, 2.45) is 5.92 Å². The molecule has 1 unspecified atom stereocenters. The molecule has 180 valence electrons. The SMILES string of the molecule is C=C1OC2CC3=C[C@@H](C/C(C)=C/[C@@H](OC(=O)C(C)(C)c4ccc5ccccc5c4)[C@@H]2C1=C)OC3=O. The van der Waals surface area contributed by atoms with Crippen LogP contribution in [0.3, 0.4) is 0 Å². The highest BCUT2D eigenvalue weighted by molar-refractivity contribution is 5.91. The minimum atomic E-state index is -0.880. The maximum absolute atomic E-state index is 13.7. The Labute approximate surface area is 205 Å². The number of carbonyl (C=O) groups excluding carboxylic acids is 2. The van der Waals surface area contributed by atoms with E-state index in [1.165, 1.54) is 0 Å². The molecule has 0 aromatic heterocycles. The van der Waals surface area contributed by atoms with Crippen LogP contribution in [0.15, 0.2) is 90.3 Å². The van der Waals surface area contributed by atoms with Crippen LogP contribution in [0.2, 0.25) is 0 Å². The molecule has 5 rings (SSSR count). The molecule has 4 atom stereocenters. The Kier molecular flexibility index (Phi) is 5.66. The van der Waals surface area contributed by atoms with Crippen molar-refractivity contribution < 1.29 is 23.8 Å². The summed E-state index contributed by atoms with van der Waals surface area (Å²) < 4.78 is 17.8. The predicted molar refractivity (Wildman–Crippen MR) is 134 cm³/mol. The zero-order valence-electron chi connectivity index (χ0n) is 20.4. The zero-order chi connectivity index (χ0) is 24.9. The Morgan fingerprint density at radius 1 is 1.03 bits per heavy atom. The molecule has 5 nitrogen and oxygen atoms in total. The van der Waals surface area contributed by atoms with Gasteiger partial charge in [0.15, 0.2) is 0 Å². The van der Waals surface area contributed by atoms with Crippen LogP contribution in [0.4, 0.5) is 0 Å². The highest BCUT2D eigenvalue weighted by Gasteiger charge is 2.45. The van der Waals surface area contributed by atoms with Crippen LogP contribution in [0.1, 0.15) is 39.2 Å². The van der Waals surface area contributed by atoms with E-state index in [1.807, 2.05) is 75.4 Å². The highest BCUT2D eigenvalue weighted by Crippen LogP contribution is 2.42. The van der Waals surface area contributed by atoms with Crippen molar-refractivity contribution in [2.45, 2.75) is 57.3 Å². The van der Waals surface area contributed by atoms with E-state index in [0.717, 1.165) is 21.9 Å². The van der Waals surface area contributed by atoms with Crippen LogP contribution in [-0.2, 0) is 29.2 Å². The fourth-order valence-electron chi connectivity index (χ4n) is 5.17. The monoisotopic (exact) mass is 470 g/mol. The molecule has 2 heterocycles. The van der Waals surface area contributed by atoms with E-state index in [9.17, 15) is 9.59 Å². The van der Waals surface area contributed by atoms with Crippen molar-refractivity contribution in [3.63, 3.8) is 0 Å². The van der Waals surface area contributed by atoms with Gasteiger partial charge in [-0.25, -0.2) is 4.79 Å². The first-order valence-electron chi connectivity index (χ1n) is 12.0. The second kappa shape index (κ2) is 8.56. The molecule has 2 aromatic rings. The van der Waals surface area contributed by atoms with Gasteiger partial charge in [0.05, 0.1) is 11.3 Å². The summed E-state index contributed by atoms with van der Waals surface area (Å²) in [5, 5.41) is 2.19. The summed E-state index contributed by atoms with van der Waals surface area (Å²) in [6.07, 6.45) is 3.38. The summed E-state index contributed by atoms with van der Waals surface area (Å²) in [5.74, 6) is -0.540. The lowest BCUT2D eigenvalue weighted by molar-refractivity contribution is -0.155. The maximum Gasteiger partial charge on any atom is 0.334 e. The number of hydrogen-bond donors (Lipinski definition) is 0. The molecule has 0 spiro atoms. The molecule has 1 saturated heterocycles. The zero-order valence-corrected chi connectivity index (χ0v) is 20.4. The molecule has 0 amide bonds. The van der Waals surface area contributed by atoms with Crippen LogP contribution >= 0.6 is 0 Å². The lowest BCUT2D eigenvalue weighted by atomic mass is 9.82. The first kappa shape index (κ1) is 23.2. The number of carbonyl (C=O) groups is 2. The molecule has 3 aliphatic rings. The van der Waals surface area contributed by atoms with Crippen molar-refractivity contribution >= 4 is 22.7 Å². The van der Waals surface area contributed by atoms with Crippen LogP contribution in [0.25, 0.3) is 10.8 Å². The lowest BCUT2D eigenvalue weighted by Gasteiger charge is -2.30. The fourth-order valence-corrected chi connectivity index (χ4v) is 5.17. The van der Waals surface area contributed by atoms with Crippen LogP contribution in [0.5, 0.6) is 0 Å². The fraction of sp³-hybridized carbons (Fsp3) is 0.333. The third-order valence-corrected chi connectivity index (χ3v) is 7.33. The van der Waals surface area contributed by atoms with Crippen LogP contribution in [-0.4, -0.2) is 30.3 Å². The van der Waals surface area contributed by atoms with Gasteiger partial charge in [-0.15, -0.1) is 0 Å². The molecule has 2 aromatic carbocycles. The van der Waals surface area contributed by atoms with Gasteiger partial charge in [-0.3, -0.25) is 4.79 Å². The molecule has 35 heavy (non-hydrogen) atoms. The number of ether oxygens (including phenoxy) is 3. The normalized spacial score (nSPS) is 27.9. The van der Waals surface area contributed by atoms with Crippen LogP contribution in [0, 0.1) is 5.92 Å². The number of hydrogen-bond acceptors (Lipinski definition) is 5. The maximum atomic E-state index is 13.7. The van der Waals surface area contributed by atoms with E-state index in [0.29, 0.717) is 29.7 Å². The molecule has 1 fully saturated rings. The molecule has 2 bridgehead atoms. The first-order chi connectivity index (χ1) is 16.6. The topological polar surface area (TPSA) is 61.8 Å². The molecule has 1 aliphatic carbocycles. The summed E-state index contributed by atoms with van der Waals surface area (Å²) in [6, 6.07) is 14.1. The van der Waals surface area contributed by atoms with E-state index < -0.39 is 17.6 Å². The standard InChI is InChI=1S/C30H30O5/c1-17-12-24-15-22(28(31)34-24)16-26-27(18(2)19(3)33-26)25(13-17)35-29(32)30(4,5)23-11-10-20-8-6-7-9-21(20)14-23/h6-11,13-15,24-27H,2-3,12,16H2,1,4-5H3/b17-13+/t24-,25-,26?,27+/m1/s1. The van der Waals surface area contributed by atoms with Crippen molar-refractivity contribution in [3.8, 4) is 0 Å². The number of allylic oxidation sites excluding steroid dienone is 1. The second-order valence-electron chi connectivity index (χ2n) is 10.2. The van der Waals surface area contributed by atoms with Gasteiger partial charge in [0.25, 0.3) is 0 Å². The van der Waals surface area contributed by atoms with Crippen LogP contribution < -0.4 is 0 Å². The van der Waals surface area contributed by atoms with Gasteiger partial charge >= 0.3 is 11.9 Å². The summed E-state index contributed by atoms with van der Waals surface area (Å²) in [5.41, 5.74) is 2.24. The van der Waals surface area contributed by atoms with Crippen molar-refractivity contribution in [3.05, 3.63) is 95.8 Å². The van der Waals surface area contributed by atoms with E-state index in [-0.39, 0.29) is 24.0 Å². The average molecular weight is 471 g/mol. The van der Waals surface area contributed by atoms with Gasteiger partial charge in [-0.1, -0.05) is 61.2 Å². The van der Waals surface area contributed by atoms with Gasteiger partial charge < -0.3 is 14.2 Å². The minimum Gasteiger partial charge on any atom is -0.490 e. The molecular weight excluding hydrogens is 440 g/mol. The Hall–Kier alpha value is -3.60. The molecule has 0 radical (unpaired) electrons. The molecule has 5 heteroatoms. The van der Waals surface area contributed by atoms with E-state index in [1.54, 1.807) is 0 Å². The van der Waals surface area contributed by atoms with Gasteiger partial charge in [0.2, 0.25) is 0 Å². The number of fused-ring (bicyclic) bond motifs is 3. The molecule has 0 N–H and O–H groups in total. The molecular formula is C30H30O5. The highest BCUT2D eigenvalue weighted by atomic mass is 16.6. The molecule has 0 saturated carbocycles. The average Bonchev–Trinajstić information content (AvgIpc) is 3.29. The Morgan fingerprint density at radius 2 is 1.77 bits per heavy atom. The quantitative estimate of drug-likeness (QED) is 0.425. The van der Waals surface area contributed by atoms with Gasteiger partial charge in [0, 0.05) is 18.4 Å². The second-order valence-corrected chi connectivity index (χ2v) is 10.2. The van der Waals surface area contributed by atoms with Gasteiger partial charge in [-0.2, -0.15) is 0 Å². The van der Waals surface area contributed by atoms with Crippen molar-refractivity contribution in [1.82, 2.24) is 0 Å². The minimum absolute atomic E-state index is 0.316. The number of esters is 2. The molecule has 2 aliphatic heterocycles. The van der Waals surface area contributed by atoms with Crippen molar-refractivity contribution in [1.29, 1.82) is 0 Å². The van der Waals surface area contributed by atoms with E-state index in [2.05, 4.69) is 13.2 Å². The number of benzene rings is 2. The summed E-state index contributed by atoms with van der Waals surface area (Å²) in [7, 11) is 0. The summed E-state index contributed by atoms with van der Waals surface area (Å²) in [4.78, 5) is 26.1. The number of rotatable bonds is 3. The Bertz CT molecular complexity index is 1310. The largest absolute Gasteiger partial charge is 0.490 e. The smallest absolute Gasteiger partial charge is 0.334 e. The van der Waals surface area contributed by atoms with E-state index in [4.69, 9.17) is 14.2 Å². The van der Waals surface area contributed by atoms with Crippen molar-refractivity contribution in [2.75, 3.05) is 0 Å². The first-order valence-corrected chi connectivity index (χ1v) is 12.0. The Balaban J connectivity index is 1.47. The summed E-state index contributed by atoms with van der Waals surface area (Å²) in [6.45, 7) is 13.9. The van der Waals surface area contributed by atoms with E-state index >= 15 is 0 Å². The van der Waals surface area contributed by atoms with Gasteiger partial charge in [0.1, 0.15) is 24.1 Å². The summed E-state index contributed by atoms with van der Waals surface area (Å²) >= 11 is 0. The van der Waals surface area contributed by atoms with Gasteiger partial charge in [-0.05, 0) is 54.8 Å². The lowest BCUT2D eigenvalue weighted by Crippen LogP contribution is -2.39. The predicted octanol–water partition coefficient (Wildman–Crippen LogP) is 5.71. The third-order valence-electron chi connectivity index (χ3n) is 7.33. The third kappa shape index (κ3) is 4.20. The Morgan fingerprint density at radius 3 is 2.54 bits per heavy atom.